The van der Waals surface area contributed by atoms with Crippen LogP contribution in [0.2, 0.25) is 0 Å². The molecule has 0 aromatic heterocycles. The van der Waals surface area contributed by atoms with Crippen molar-refractivity contribution in [3.63, 3.8) is 0 Å². The molecule has 0 aromatic rings. The van der Waals surface area contributed by atoms with Crippen LogP contribution in [0.25, 0.3) is 0 Å². The molecule has 4 aliphatic carbocycles. The number of Topliss-reactive ketones (excluding diaryl/α,β-unsaturated/α-hetero) is 1. The van der Waals surface area contributed by atoms with Crippen LogP contribution in [-0.2, 0) is 9.59 Å². The summed E-state index contributed by atoms with van der Waals surface area (Å²) in [6, 6.07) is 0. The number of carbonyl (C=O) groups excluding carboxylic acids is 2. The lowest BCUT2D eigenvalue weighted by molar-refractivity contribution is -0.130. The van der Waals surface area contributed by atoms with Gasteiger partial charge in [-0.25, -0.2) is 0 Å². The third kappa shape index (κ3) is 2.17. The molecule has 26 heavy (non-hydrogen) atoms. The third-order valence-corrected chi connectivity index (χ3v) is 10.2. The quantitative estimate of drug-likeness (QED) is 0.605. The monoisotopic (exact) mass is 358 g/mol. The highest BCUT2D eigenvalue weighted by Crippen LogP contribution is 2.74. The van der Waals surface area contributed by atoms with Crippen LogP contribution in [0.1, 0.15) is 86.0 Å². The van der Waals surface area contributed by atoms with E-state index in [0.717, 1.165) is 31.6 Å². The maximum absolute atomic E-state index is 13.4. The fourth-order valence-corrected chi connectivity index (χ4v) is 8.58. The molecule has 146 valence electrons. The van der Waals surface area contributed by atoms with Crippen LogP contribution in [0.5, 0.6) is 0 Å². The van der Waals surface area contributed by atoms with E-state index in [4.69, 9.17) is 0 Å². The molecule has 4 fully saturated rings. The molecule has 2 heteroatoms. The molecule has 0 bridgehead atoms. The second-order valence-corrected chi connectivity index (χ2v) is 11.3. The van der Waals surface area contributed by atoms with Crippen LogP contribution in [0, 0.1) is 51.8 Å². The van der Waals surface area contributed by atoms with Crippen LogP contribution in [0.3, 0.4) is 0 Å². The van der Waals surface area contributed by atoms with Gasteiger partial charge in [0.05, 0.1) is 0 Å². The largest absolute Gasteiger partial charge is 0.303 e. The van der Waals surface area contributed by atoms with Crippen LogP contribution in [0.15, 0.2) is 0 Å². The Morgan fingerprint density at radius 1 is 1.12 bits per heavy atom. The van der Waals surface area contributed by atoms with Crippen molar-refractivity contribution in [2.24, 2.45) is 51.8 Å². The van der Waals surface area contributed by atoms with Gasteiger partial charge in [0.1, 0.15) is 12.1 Å². The molecule has 0 N–H and O–H groups in total. The normalized spacial score (nSPS) is 53.3. The maximum Gasteiger partial charge on any atom is 0.140 e. The molecule has 0 aromatic carbocycles. The lowest BCUT2D eigenvalue weighted by Crippen LogP contribution is -2.41. The van der Waals surface area contributed by atoms with Crippen molar-refractivity contribution in [2.75, 3.05) is 0 Å². The van der Waals surface area contributed by atoms with E-state index in [0.29, 0.717) is 29.5 Å². The van der Waals surface area contributed by atoms with E-state index in [-0.39, 0.29) is 22.2 Å². The van der Waals surface area contributed by atoms with Crippen LogP contribution < -0.4 is 0 Å². The predicted molar refractivity (Wildman–Crippen MR) is 105 cm³/mol. The van der Waals surface area contributed by atoms with Gasteiger partial charge in [0.15, 0.2) is 0 Å². The van der Waals surface area contributed by atoms with E-state index in [1.54, 1.807) is 0 Å². The van der Waals surface area contributed by atoms with Crippen LogP contribution in [-0.4, -0.2) is 12.1 Å². The average Bonchev–Trinajstić information content (AvgIpc) is 3.23. The minimum atomic E-state index is -0.0137. The number of ketones is 1. The summed E-state index contributed by atoms with van der Waals surface area (Å²) in [6.07, 6.45) is 10.3. The fourth-order valence-electron chi connectivity index (χ4n) is 8.58. The highest BCUT2D eigenvalue weighted by molar-refractivity contribution is 5.90. The van der Waals surface area contributed by atoms with Crippen molar-refractivity contribution in [1.82, 2.24) is 0 Å². The highest BCUT2D eigenvalue weighted by Gasteiger charge is 2.71. The minimum Gasteiger partial charge on any atom is -0.303 e. The molecule has 0 amide bonds. The Morgan fingerprint density at radius 3 is 2.50 bits per heavy atom. The van der Waals surface area contributed by atoms with Gasteiger partial charge < -0.3 is 4.79 Å². The summed E-state index contributed by atoms with van der Waals surface area (Å²) in [4.78, 5) is 25.4. The van der Waals surface area contributed by atoms with Crippen LogP contribution >= 0.6 is 0 Å². The molecule has 0 saturated heterocycles. The first-order valence-corrected chi connectivity index (χ1v) is 11.2. The SMILES string of the molecule is CC(C)[C@@H]1CC[C@](C)(C[C@H]2CC(=O)C34CC[C@@H](C)[C@@H]3CC[C@@]24C)[C@H]1C=O. The topological polar surface area (TPSA) is 34.1 Å². The summed E-state index contributed by atoms with van der Waals surface area (Å²) in [5.74, 6) is 3.70. The van der Waals surface area contributed by atoms with Crippen molar-refractivity contribution in [3.8, 4) is 0 Å². The molecule has 4 saturated carbocycles. The number of hydrogen-bond donors (Lipinski definition) is 0. The lowest BCUT2D eigenvalue weighted by atomic mass is 9.59. The molecule has 8 atom stereocenters. The zero-order valence-electron chi connectivity index (χ0n) is 17.5. The number of hydrogen-bond acceptors (Lipinski definition) is 2. The Kier molecular flexibility index (Phi) is 4.25. The van der Waals surface area contributed by atoms with Gasteiger partial charge in [-0.2, -0.15) is 0 Å². The number of rotatable bonds is 4. The van der Waals surface area contributed by atoms with E-state index in [1.807, 2.05) is 0 Å². The first-order valence-electron chi connectivity index (χ1n) is 11.2. The Bertz CT molecular complexity index is 609. The molecule has 1 spiro atoms. The molecule has 0 aliphatic heterocycles. The van der Waals surface area contributed by atoms with Gasteiger partial charge in [-0.15, -0.1) is 0 Å². The molecule has 4 rings (SSSR count). The Morgan fingerprint density at radius 2 is 1.85 bits per heavy atom. The van der Waals surface area contributed by atoms with Gasteiger partial charge in [-0.05, 0) is 85.4 Å². The van der Waals surface area contributed by atoms with Gasteiger partial charge in [0.2, 0.25) is 0 Å². The van der Waals surface area contributed by atoms with E-state index in [9.17, 15) is 9.59 Å². The van der Waals surface area contributed by atoms with Crippen molar-refractivity contribution in [2.45, 2.75) is 86.0 Å². The first kappa shape index (κ1) is 18.7. The van der Waals surface area contributed by atoms with E-state index in [1.165, 1.54) is 32.0 Å². The zero-order chi connectivity index (χ0) is 18.9. The second-order valence-electron chi connectivity index (χ2n) is 11.3. The van der Waals surface area contributed by atoms with Gasteiger partial charge >= 0.3 is 0 Å². The van der Waals surface area contributed by atoms with Gasteiger partial charge in [-0.1, -0.05) is 34.6 Å². The molecule has 0 heterocycles. The smallest absolute Gasteiger partial charge is 0.140 e. The van der Waals surface area contributed by atoms with E-state index < -0.39 is 0 Å². The summed E-state index contributed by atoms with van der Waals surface area (Å²) < 4.78 is 0. The minimum absolute atomic E-state index is 0.0137. The molecule has 1 unspecified atom stereocenters. The molecule has 4 aliphatic rings. The van der Waals surface area contributed by atoms with E-state index >= 15 is 0 Å². The van der Waals surface area contributed by atoms with Crippen LogP contribution in [0.4, 0.5) is 0 Å². The second kappa shape index (κ2) is 5.92. The third-order valence-electron chi connectivity index (χ3n) is 10.2. The van der Waals surface area contributed by atoms with E-state index in [2.05, 4.69) is 34.6 Å². The van der Waals surface area contributed by atoms with Crippen molar-refractivity contribution >= 4 is 12.1 Å². The van der Waals surface area contributed by atoms with Crippen molar-refractivity contribution < 1.29 is 9.59 Å². The van der Waals surface area contributed by atoms with Gasteiger partial charge in [0, 0.05) is 17.8 Å². The Labute approximate surface area is 159 Å². The standard InChI is InChI=1S/C24H38O2/c1-15(2)18-7-9-22(4,20(18)14-25)13-17-12-21(26)24-11-6-16(3)19(24)8-10-23(17,24)5/h14-20H,6-13H2,1-5H3/t16-,17-,18+,19+,20+,22-,23+,24?/m1/s1. The molecule has 2 nitrogen and oxygen atoms in total. The zero-order valence-corrected chi connectivity index (χ0v) is 17.5. The maximum atomic E-state index is 13.4. The summed E-state index contributed by atoms with van der Waals surface area (Å²) >= 11 is 0. The summed E-state index contributed by atoms with van der Waals surface area (Å²) in [5, 5.41) is 0. The van der Waals surface area contributed by atoms with Crippen molar-refractivity contribution in [1.29, 1.82) is 0 Å². The van der Waals surface area contributed by atoms with Gasteiger partial charge in [0.25, 0.3) is 0 Å². The average molecular weight is 359 g/mol. The number of carbonyl (C=O) groups is 2. The van der Waals surface area contributed by atoms with Crippen molar-refractivity contribution in [3.05, 3.63) is 0 Å². The lowest BCUT2D eigenvalue weighted by Gasteiger charge is -2.43. The Hall–Kier alpha value is -0.660. The highest BCUT2D eigenvalue weighted by atomic mass is 16.1. The Balaban J connectivity index is 1.62. The predicted octanol–water partition coefficient (Wildman–Crippen LogP) is 5.69. The molecular formula is C24H38O2. The fraction of sp³-hybridized carbons (Fsp3) is 0.917. The first-order chi connectivity index (χ1) is 12.2. The van der Waals surface area contributed by atoms with Gasteiger partial charge in [-0.3, -0.25) is 4.79 Å². The summed E-state index contributed by atoms with van der Waals surface area (Å²) in [6.45, 7) is 11.7. The number of aldehydes is 1. The summed E-state index contributed by atoms with van der Waals surface area (Å²) in [5.41, 5.74) is 0.268. The molecule has 0 radical (unpaired) electrons. The molecular weight excluding hydrogens is 320 g/mol. The summed E-state index contributed by atoms with van der Waals surface area (Å²) in [7, 11) is 0.